The lowest BCUT2D eigenvalue weighted by molar-refractivity contribution is 0.171. The molecule has 1 aromatic rings. The fourth-order valence-corrected chi connectivity index (χ4v) is 3.46. The molecule has 3 heteroatoms. The van der Waals surface area contributed by atoms with Gasteiger partial charge in [-0.15, -0.1) is 0 Å². The van der Waals surface area contributed by atoms with E-state index < -0.39 is 6.10 Å². The second-order valence-corrected chi connectivity index (χ2v) is 6.20. The summed E-state index contributed by atoms with van der Waals surface area (Å²) in [6, 6.07) is 7.41. The summed E-state index contributed by atoms with van der Waals surface area (Å²) in [5, 5.41) is 14.2. The topological polar surface area (TPSA) is 32.3 Å². The number of allylic oxidation sites excluding steroid dienone is 2. The Labute approximate surface area is 119 Å². The number of halogens is 1. The van der Waals surface area contributed by atoms with E-state index in [9.17, 15) is 5.11 Å². The molecule has 2 N–H and O–H groups in total. The molecule has 3 rings (SSSR count). The van der Waals surface area contributed by atoms with Gasteiger partial charge >= 0.3 is 0 Å². The number of hydrogen-bond acceptors (Lipinski definition) is 2. The van der Waals surface area contributed by atoms with Crippen LogP contribution in [0.2, 0.25) is 5.02 Å². The van der Waals surface area contributed by atoms with E-state index >= 15 is 0 Å². The number of fused-ring (bicyclic) bond motifs is 2. The Morgan fingerprint density at radius 1 is 1.21 bits per heavy atom. The molecular weight excluding hydrogens is 258 g/mol. The zero-order chi connectivity index (χ0) is 13.2. The highest BCUT2D eigenvalue weighted by Gasteiger charge is 2.34. The Morgan fingerprint density at radius 2 is 2.00 bits per heavy atom. The third-order valence-corrected chi connectivity index (χ3v) is 4.67. The van der Waals surface area contributed by atoms with Crippen LogP contribution < -0.4 is 5.32 Å². The monoisotopic (exact) mass is 277 g/mol. The normalized spacial score (nSPS) is 29.9. The molecule has 0 aromatic heterocycles. The Balaban J connectivity index is 1.45. The van der Waals surface area contributed by atoms with E-state index in [-0.39, 0.29) is 0 Å². The van der Waals surface area contributed by atoms with Crippen molar-refractivity contribution in [3.63, 3.8) is 0 Å². The predicted octanol–water partition coefficient (Wildman–Crippen LogP) is 3.18. The molecule has 1 aromatic carbocycles. The molecule has 2 bridgehead atoms. The maximum atomic E-state index is 10.1. The van der Waals surface area contributed by atoms with E-state index in [2.05, 4.69) is 17.5 Å². The van der Waals surface area contributed by atoms with Crippen molar-refractivity contribution in [3.05, 3.63) is 47.0 Å². The third-order valence-electron chi connectivity index (χ3n) is 4.42. The van der Waals surface area contributed by atoms with Crippen LogP contribution in [0, 0.1) is 17.8 Å². The van der Waals surface area contributed by atoms with Crippen LogP contribution in [0.4, 0.5) is 0 Å². The van der Waals surface area contributed by atoms with Crippen molar-refractivity contribution in [3.8, 4) is 0 Å². The standard InChI is InChI=1S/C16H20ClNO/c17-15-5-3-12(4-6-15)16(19)10-18-9-14-8-11-1-2-13(14)7-11/h1-6,11,13-14,16,18-19H,7-10H2. The second-order valence-electron chi connectivity index (χ2n) is 5.77. The van der Waals surface area contributed by atoms with Gasteiger partial charge in [-0.3, -0.25) is 0 Å². The van der Waals surface area contributed by atoms with Gasteiger partial charge < -0.3 is 10.4 Å². The van der Waals surface area contributed by atoms with Crippen LogP contribution in [-0.2, 0) is 0 Å². The van der Waals surface area contributed by atoms with Crippen molar-refractivity contribution in [1.82, 2.24) is 5.32 Å². The van der Waals surface area contributed by atoms with Crippen molar-refractivity contribution in [2.24, 2.45) is 17.8 Å². The van der Waals surface area contributed by atoms with Gasteiger partial charge in [0.1, 0.15) is 0 Å². The molecule has 102 valence electrons. The van der Waals surface area contributed by atoms with Gasteiger partial charge in [0, 0.05) is 11.6 Å². The first-order chi connectivity index (χ1) is 9.22. The maximum Gasteiger partial charge on any atom is 0.0914 e. The number of aliphatic hydroxyl groups excluding tert-OH is 1. The van der Waals surface area contributed by atoms with Gasteiger partial charge in [0.15, 0.2) is 0 Å². The van der Waals surface area contributed by atoms with Gasteiger partial charge in [-0.1, -0.05) is 35.9 Å². The lowest BCUT2D eigenvalue weighted by atomic mass is 9.93. The molecular formula is C16H20ClNO. The summed E-state index contributed by atoms with van der Waals surface area (Å²) in [7, 11) is 0. The molecule has 0 aliphatic heterocycles. The van der Waals surface area contributed by atoms with E-state index in [1.807, 2.05) is 24.3 Å². The minimum atomic E-state index is -0.452. The van der Waals surface area contributed by atoms with Crippen LogP contribution in [0.15, 0.2) is 36.4 Å². The fraction of sp³-hybridized carbons (Fsp3) is 0.500. The average molecular weight is 278 g/mol. The Hall–Kier alpha value is -0.830. The molecule has 0 heterocycles. The Morgan fingerprint density at radius 3 is 2.63 bits per heavy atom. The molecule has 4 atom stereocenters. The van der Waals surface area contributed by atoms with Crippen LogP contribution >= 0.6 is 11.6 Å². The van der Waals surface area contributed by atoms with E-state index in [0.717, 1.165) is 29.9 Å². The Bertz CT molecular complexity index is 456. The summed E-state index contributed by atoms with van der Waals surface area (Å²) in [4.78, 5) is 0. The van der Waals surface area contributed by atoms with Gasteiger partial charge in [-0.25, -0.2) is 0 Å². The van der Waals surface area contributed by atoms with Crippen LogP contribution in [0.3, 0.4) is 0 Å². The molecule has 19 heavy (non-hydrogen) atoms. The summed E-state index contributed by atoms with van der Waals surface area (Å²) >= 11 is 5.84. The quantitative estimate of drug-likeness (QED) is 0.810. The first-order valence-corrected chi connectivity index (χ1v) is 7.43. The highest BCUT2D eigenvalue weighted by Crippen LogP contribution is 2.42. The molecule has 2 aliphatic rings. The fourth-order valence-electron chi connectivity index (χ4n) is 3.34. The minimum absolute atomic E-state index is 0.452. The molecule has 0 amide bonds. The van der Waals surface area contributed by atoms with Gasteiger partial charge in [-0.2, -0.15) is 0 Å². The zero-order valence-electron chi connectivity index (χ0n) is 10.9. The third kappa shape index (κ3) is 3.02. The van der Waals surface area contributed by atoms with Crippen LogP contribution in [0.1, 0.15) is 24.5 Å². The van der Waals surface area contributed by atoms with Gasteiger partial charge in [-0.05, 0) is 54.8 Å². The summed E-state index contributed by atoms with van der Waals surface area (Å²) in [6.45, 7) is 1.62. The van der Waals surface area contributed by atoms with E-state index in [0.29, 0.717) is 11.6 Å². The van der Waals surface area contributed by atoms with Gasteiger partial charge in [0.2, 0.25) is 0 Å². The molecule has 2 nitrogen and oxygen atoms in total. The highest BCUT2D eigenvalue weighted by atomic mass is 35.5. The molecule has 0 saturated heterocycles. The minimum Gasteiger partial charge on any atom is -0.387 e. The molecule has 0 radical (unpaired) electrons. The predicted molar refractivity (Wildman–Crippen MR) is 78.1 cm³/mol. The van der Waals surface area contributed by atoms with Crippen LogP contribution in [-0.4, -0.2) is 18.2 Å². The first-order valence-electron chi connectivity index (χ1n) is 7.05. The van der Waals surface area contributed by atoms with E-state index in [4.69, 9.17) is 11.6 Å². The van der Waals surface area contributed by atoms with Crippen molar-refractivity contribution < 1.29 is 5.11 Å². The van der Waals surface area contributed by atoms with Crippen LogP contribution in [0.25, 0.3) is 0 Å². The lowest BCUT2D eigenvalue weighted by Crippen LogP contribution is -2.29. The largest absolute Gasteiger partial charge is 0.387 e. The smallest absolute Gasteiger partial charge is 0.0914 e. The molecule has 0 spiro atoms. The lowest BCUT2D eigenvalue weighted by Gasteiger charge is -2.20. The number of hydrogen-bond donors (Lipinski definition) is 2. The number of aliphatic hydroxyl groups is 1. The molecule has 2 aliphatic carbocycles. The van der Waals surface area contributed by atoms with Gasteiger partial charge in [0.05, 0.1) is 6.10 Å². The summed E-state index contributed by atoms with van der Waals surface area (Å²) in [6.07, 6.45) is 6.93. The van der Waals surface area contributed by atoms with Crippen molar-refractivity contribution in [2.75, 3.05) is 13.1 Å². The van der Waals surface area contributed by atoms with Gasteiger partial charge in [0.25, 0.3) is 0 Å². The van der Waals surface area contributed by atoms with E-state index in [1.54, 1.807) is 0 Å². The number of benzene rings is 1. The summed E-state index contributed by atoms with van der Waals surface area (Å²) < 4.78 is 0. The number of rotatable bonds is 5. The number of nitrogens with one attached hydrogen (secondary N) is 1. The maximum absolute atomic E-state index is 10.1. The summed E-state index contributed by atoms with van der Waals surface area (Å²) in [5.41, 5.74) is 0.921. The SMILES string of the molecule is OC(CNCC1CC2C=CC1C2)c1ccc(Cl)cc1. The highest BCUT2D eigenvalue weighted by molar-refractivity contribution is 6.30. The van der Waals surface area contributed by atoms with Crippen molar-refractivity contribution in [2.45, 2.75) is 18.9 Å². The van der Waals surface area contributed by atoms with E-state index in [1.165, 1.54) is 12.8 Å². The molecule has 1 saturated carbocycles. The van der Waals surface area contributed by atoms with Crippen LogP contribution in [0.5, 0.6) is 0 Å². The second kappa shape index (κ2) is 5.66. The zero-order valence-corrected chi connectivity index (χ0v) is 11.7. The van der Waals surface area contributed by atoms with Crippen molar-refractivity contribution in [1.29, 1.82) is 0 Å². The Kier molecular flexibility index (Phi) is 3.92. The molecule has 1 fully saturated rings. The first kappa shape index (κ1) is 13.2. The van der Waals surface area contributed by atoms with Crippen molar-refractivity contribution >= 4 is 11.6 Å². The molecule has 4 unspecified atom stereocenters. The average Bonchev–Trinajstić information content (AvgIpc) is 3.02. The summed E-state index contributed by atoms with van der Waals surface area (Å²) in [5.74, 6) is 2.34.